The van der Waals surface area contributed by atoms with Gasteiger partial charge < -0.3 is 21.5 Å². The molecule has 4 rings (SSSR count). The van der Waals surface area contributed by atoms with E-state index in [-0.39, 0.29) is 17.9 Å². The number of benzene rings is 1. The molecular weight excluding hydrogens is 346 g/mol. The summed E-state index contributed by atoms with van der Waals surface area (Å²) in [6, 6.07) is 5.76. The third-order valence-electron chi connectivity index (χ3n) is 5.54. The number of rotatable bonds is 2. The van der Waals surface area contributed by atoms with Gasteiger partial charge in [0.2, 0.25) is 0 Å². The number of para-hydroxylation sites is 1. The predicted molar refractivity (Wildman–Crippen MR) is 101 cm³/mol. The molecule has 0 saturated heterocycles. The summed E-state index contributed by atoms with van der Waals surface area (Å²) in [6.45, 7) is 2.75. The molecule has 27 heavy (non-hydrogen) atoms. The Kier molecular flexibility index (Phi) is 4.25. The van der Waals surface area contributed by atoms with Gasteiger partial charge in [-0.3, -0.25) is 4.79 Å². The van der Waals surface area contributed by atoms with E-state index in [9.17, 15) is 9.59 Å². The summed E-state index contributed by atoms with van der Waals surface area (Å²) in [4.78, 5) is 24.2. The maximum absolute atomic E-state index is 13.3. The average Bonchev–Trinajstić information content (AvgIpc) is 2.97. The normalized spacial score (nSPS) is 20.9. The van der Waals surface area contributed by atoms with Gasteiger partial charge >= 0.3 is 6.09 Å². The molecule has 2 atom stereocenters. The Morgan fingerprint density at radius 2 is 2.19 bits per heavy atom. The number of anilines is 2. The van der Waals surface area contributed by atoms with Crippen molar-refractivity contribution in [3.8, 4) is 0 Å². The number of nitrogens with zero attached hydrogens (tertiary/aromatic N) is 2. The molecule has 5 N–H and O–H groups in total. The molecule has 8 nitrogen and oxygen atoms in total. The lowest BCUT2D eigenvalue weighted by molar-refractivity contribution is 0.0859. The second-order valence-corrected chi connectivity index (χ2v) is 7.26. The zero-order valence-corrected chi connectivity index (χ0v) is 15.2. The summed E-state index contributed by atoms with van der Waals surface area (Å²) in [5.74, 6) is -0.0876. The first-order valence-electron chi connectivity index (χ1n) is 9.19. The number of fused-ring (bicyclic) bond motifs is 2. The van der Waals surface area contributed by atoms with Crippen LogP contribution in [0.3, 0.4) is 0 Å². The van der Waals surface area contributed by atoms with Crippen molar-refractivity contribution in [2.45, 2.75) is 44.6 Å². The highest BCUT2D eigenvalue weighted by Gasteiger charge is 2.33. The number of amides is 1. The summed E-state index contributed by atoms with van der Waals surface area (Å²) in [7, 11) is 0. The third-order valence-corrected chi connectivity index (χ3v) is 5.54. The number of nitrogens with two attached hydrogens (primary N) is 1. The second kappa shape index (κ2) is 6.61. The maximum Gasteiger partial charge on any atom is 0.404 e. The highest BCUT2D eigenvalue weighted by molar-refractivity contribution is 5.90. The number of aromatic nitrogens is 2. The van der Waals surface area contributed by atoms with Crippen LogP contribution < -0.4 is 16.4 Å². The van der Waals surface area contributed by atoms with Gasteiger partial charge in [0.15, 0.2) is 0 Å². The molecule has 1 aliphatic heterocycles. The molecule has 1 aliphatic carbocycles. The van der Waals surface area contributed by atoms with Gasteiger partial charge in [0.25, 0.3) is 5.91 Å². The number of carbonyl (C=O) groups excluding carboxylic acids is 1. The van der Waals surface area contributed by atoms with E-state index >= 15 is 0 Å². The van der Waals surface area contributed by atoms with E-state index in [4.69, 9.17) is 10.8 Å². The number of aryl methyl sites for hydroxylation is 2. The minimum atomic E-state index is -1.05. The molecule has 1 aromatic carbocycles. The standard InChI is InChI=1S/C19H23N5O3/c1-10-3-2-4-12-13(7-8-21-16(10)12)18(25)24-17(20)14-9-11(22-19(26)27)5-6-15(14)23-24/h2-4,11,13,21-22H,5-9,20H2,1H3,(H,26,27). The van der Waals surface area contributed by atoms with E-state index in [1.54, 1.807) is 0 Å². The molecule has 0 radical (unpaired) electrons. The maximum atomic E-state index is 13.3. The molecule has 2 heterocycles. The van der Waals surface area contributed by atoms with Crippen LogP contribution >= 0.6 is 0 Å². The van der Waals surface area contributed by atoms with Crippen molar-refractivity contribution in [1.82, 2.24) is 15.1 Å². The smallest absolute Gasteiger partial charge is 0.404 e. The minimum absolute atomic E-state index is 0.127. The summed E-state index contributed by atoms with van der Waals surface area (Å²) in [6.07, 6.45) is 1.35. The van der Waals surface area contributed by atoms with Gasteiger partial charge in [0.1, 0.15) is 5.82 Å². The Morgan fingerprint density at radius 1 is 1.37 bits per heavy atom. The lowest BCUT2D eigenvalue weighted by Gasteiger charge is -2.27. The third kappa shape index (κ3) is 3.01. The van der Waals surface area contributed by atoms with Crippen LogP contribution in [-0.2, 0) is 12.8 Å². The van der Waals surface area contributed by atoms with Gasteiger partial charge in [-0.05, 0) is 43.7 Å². The molecule has 2 unspecified atom stereocenters. The van der Waals surface area contributed by atoms with E-state index in [1.807, 2.05) is 25.1 Å². The molecule has 0 fully saturated rings. The van der Waals surface area contributed by atoms with Gasteiger partial charge in [0.05, 0.1) is 11.6 Å². The van der Waals surface area contributed by atoms with Crippen LogP contribution in [0.5, 0.6) is 0 Å². The van der Waals surface area contributed by atoms with Crippen LogP contribution in [0.4, 0.5) is 16.3 Å². The fraction of sp³-hybridized carbons (Fsp3) is 0.421. The Labute approximate surface area is 156 Å². The second-order valence-electron chi connectivity index (χ2n) is 7.26. The first-order valence-corrected chi connectivity index (χ1v) is 9.19. The van der Waals surface area contributed by atoms with E-state index in [0.717, 1.165) is 34.6 Å². The average molecular weight is 369 g/mol. The quantitative estimate of drug-likeness (QED) is 0.643. The van der Waals surface area contributed by atoms with E-state index < -0.39 is 6.09 Å². The lowest BCUT2D eigenvalue weighted by atomic mass is 9.88. The lowest BCUT2D eigenvalue weighted by Crippen LogP contribution is -2.37. The molecule has 8 heteroatoms. The Hall–Kier alpha value is -3.03. The van der Waals surface area contributed by atoms with Crippen LogP contribution in [0.25, 0.3) is 0 Å². The van der Waals surface area contributed by atoms with E-state index in [0.29, 0.717) is 31.5 Å². The van der Waals surface area contributed by atoms with Gasteiger partial charge in [-0.1, -0.05) is 18.2 Å². The molecule has 0 saturated carbocycles. The van der Waals surface area contributed by atoms with Crippen molar-refractivity contribution in [3.63, 3.8) is 0 Å². The van der Waals surface area contributed by atoms with Crippen LogP contribution in [0.2, 0.25) is 0 Å². The SMILES string of the molecule is Cc1cccc2c1NCCC2C(=O)n1nc2c(c1N)CC(NC(=O)O)CC2. The molecule has 0 bridgehead atoms. The Morgan fingerprint density at radius 3 is 2.96 bits per heavy atom. The molecular formula is C19H23N5O3. The Bertz CT molecular complexity index is 920. The topological polar surface area (TPSA) is 122 Å². The number of hydrogen-bond acceptors (Lipinski definition) is 5. The Balaban J connectivity index is 1.65. The summed E-state index contributed by atoms with van der Waals surface area (Å²) in [5.41, 5.74) is 10.9. The van der Waals surface area contributed by atoms with Gasteiger partial charge in [-0.2, -0.15) is 9.78 Å². The summed E-state index contributed by atoms with van der Waals surface area (Å²) >= 11 is 0. The molecule has 142 valence electrons. The first kappa shape index (κ1) is 17.4. The number of carbonyl (C=O) groups is 2. The zero-order chi connectivity index (χ0) is 19.1. The van der Waals surface area contributed by atoms with Crippen molar-refractivity contribution >= 4 is 23.5 Å². The molecule has 1 aromatic heterocycles. The monoisotopic (exact) mass is 369 g/mol. The first-order chi connectivity index (χ1) is 13.0. The fourth-order valence-corrected chi connectivity index (χ4v) is 4.18. The fourth-order valence-electron chi connectivity index (χ4n) is 4.18. The highest BCUT2D eigenvalue weighted by Crippen LogP contribution is 2.36. The summed E-state index contributed by atoms with van der Waals surface area (Å²) in [5, 5.41) is 19.3. The molecule has 1 amide bonds. The van der Waals surface area contributed by atoms with Crippen molar-refractivity contribution in [1.29, 1.82) is 0 Å². The molecule has 2 aliphatic rings. The van der Waals surface area contributed by atoms with Crippen molar-refractivity contribution < 1.29 is 14.7 Å². The summed E-state index contributed by atoms with van der Waals surface area (Å²) < 4.78 is 1.33. The number of carboxylic acid groups (broad SMARTS) is 1. The van der Waals surface area contributed by atoms with Crippen molar-refractivity contribution in [3.05, 3.63) is 40.6 Å². The van der Waals surface area contributed by atoms with Crippen LogP contribution in [0, 0.1) is 6.92 Å². The van der Waals surface area contributed by atoms with Crippen molar-refractivity contribution in [2.75, 3.05) is 17.6 Å². The minimum Gasteiger partial charge on any atom is -0.465 e. The van der Waals surface area contributed by atoms with Gasteiger partial charge in [-0.25, -0.2) is 4.79 Å². The van der Waals surface area contributed by atoms with E-state index in [1.165, 1.54) is 4.68 Å². The number of nitrogens with one attached hydrogen (secondary N) is 2. The van der Waals surface area contributed by atoms with Crippen LogP contribution in [-0.4, -0.2) is 39.5 Å². The van der Waals surface area contributed by atoms with Crippen LogP contribution in [0.1, 0.15) is 45.9 Å². The molecule has 0 spiro atoms. The van der Waals surface area contributed by atoms with Crippen molar-refractivity contribution in [2.24, 2.45) is 0 Å². The van der Waals surface area contributed by atoms with E-state index in [2.05, 4.69) is 15.7 Å². The largest absolute Gasteiger partial charge is 0.465 e. The van der Waals surface area contributed by atoms with Gasteiger partial charge in [-0.15, -0.1) is 0 Å². The number of hydrogen-bond donors (Lipinski definition) is 4. The zero-order valence-electron chi connectivity index (χ0n) is 15.2. The van der Waals surface area contributed by atoms with Crippen LogP contribution in [0.15, 0.2) is 18.2 Å². The molecule has 2 aromatic rings. The number of nitrogen functional groups attached to an aromatic ring is 1. The predicted octanol–water partition coefficient (Wildman–Crippen LogP) is 2.14. The highest BCUT2D eigenvalue weighted by atomic mass is 16.4. The van der Waals surface area contributed by atoms with Gasteiger partial charge in [0, 0.05) is 23.8 Å².